The van der Waals surface area contributed by atoms with Crippen LogP contribution in [0.1, 0.15) is 25.7 Å². The molecule has 0 radical (unpaired) electrons. The molecule has 4 rings (SSSR count). The van der Waals surface area contributed by atoms with Gasteiger partial charge >= 0.3 is 0 Å². The Morgan fingerprint density at radius 3 is 2.45 bits per heavy atom. The minimum absolute atomic E-state index is 0.245. The van der Waals surface area contributed by atoms with E-state index in [0.717, 1.165) is 5.56 Å². The summed E-state index contributed by atoms with van der Waals surface area (Å²) in [5.74, 6) is -0.664. The summed E-state index contributed by atoms with van der Waals surface area (Å²) >= 11 is 0. The maximum absolute atomic E-state index is 6.13. The first kappa shape index (κ1) is 14.6. The maximum atomic E-state index is 6.13. The van der Waals surface area contributed by atoms with E-state index in [1.54, 1.807) is 0 Å². The van der Waals surface area contributed by atoms with Crippen molar-refractivity contribution in [1.29, 1.82) is 0 Å². The zero-order valence-corrected chi connectivity index (χ0v) is 12.7. The Morgan fingerprint density at radius 2 is 1.73 bits per heavy atom. The summed E-state index contributed by atoms with van der Waals surface area (Å²) in [4.78, 5) is 0. The first-order valence-electron chi connectivity index (χ1n) is 7.64. The molecular weight excluding hydrogens is 286 g/mol. The lowest BCUT2D eigenvalue weighted by Gasteiger charge is -2.39. The van der Waals surface area contributed by atoms with Crippen LogP contribution in [0.5, 0.6) is 0 Å². The monoisotopic (exact) mass is 307 g/mol. The fourth-order valence-corrected chi connectivity index (χ4v) is 3.33. The third-order valence-corrected chi connectivity index (χ3v) is 4.28. The molecule has 0 saturated carbocycles. The fraction of sp³-hybridized carbons (Fsp3) is 0.625. The quantitative estimate of drug-likeness (QED) is 0.888. The van der Waals surface area contributed by atoms with Gasteiger partial charge in [0.1, 0.15) is 24.4 Å². The molecule has 6 heteroatoms. The summed E-state index contributed by atoms with van der Waals surface area (Å²) in [6.45, 7) is 4.10. The van der Waals surface area contributed by atoms with Gasteiger partial charge in [-0.05, 0) is 13.8 Å². The predicted octanol–water partition coefficient (Wildman–Crippen LogP) is 1.30. The Kier molecular flexibility index (Phi) is 3.48. The number of rotatable bonds is 2. The van der Waals surface area contributed by atoms with Gasteiger partial charge in [0.15, 0.2) is 18.4 Å². The van der Waals surface area contributed by atoms with E-state index in [2.05, 4.69) is 0 Å². The molecule has 0 aromatic heterocycles. The Hall–Kier alpha value is -1.02. The second-order valence-corrected chi connectivity index (χ2v) is 6.32. The van der Waals surface area contributed by atoms with Gasteiger partial charge in [-0.1, -0.05) is 30.3 Å². The summed E-state index contributed by atoms with van der Waals surface area (Å²) < 4.78 is 29.8. The fourth-order valence-electron chi connectivity index (χ4n) is 3.33. The van der Waals surface area contributed by atoms with Crippen molar-refractivity contribution in [2.75, 3.05) is 6.54 Å². The maximum Gasteiger partial charge on any atom is 0.190 e. The highest BCUT2D eigenvalue weighted by Crippen LogP contribution is 2.44. The van der Waals surface area contributed by atoms with Crippen LogP contribution in [-0.2, 0) is 23.7 Å². The number of nitrogens with two attached hydrogens (primary N) is 1. The number of hydrogen-bond donors (Lipinski definition) is 1. The van der Waals surface area contributed by atoms with Crippen molar-refractivity contribution < 1.29 is 23.7 Å². The summed E-state index contributed by atoms with van der Waals surface area (Å²) in [6.07, 6.45) is -1.92. The number of ether oxygens (including phenoxy) is 5. The van der Waals surface area contributed by atoms with Gasteiger partial charge in [0.25, 0.3) is 0 Å². The van der Waals surface area contributed by atoms with Gasteiger partial charge in [-0.25, -0.2) is 0 Å². The highest BCUT2D eigenvalue weighted by Gasteiger charge is 2.59. The van der Waals surface area contributed by atoms with Crippen molar-refractivity contribution >= 4 is 0 Å². The lowest BCUT2D eigenvalue weighted by Crippen LogP contribution is -2.52. The molecule has 0 spiro atoms. The molecule has 1 aromatic rings. The summed E-state index contributed by atoms with van der Waals surface area (Å²) in [6, 6.07) is 9.82. The first-order valence-corrected chi connectivity index (χ1v) is 7.64. The van der Waals surface area contributed by atoms with Crippen molar-refractivity contribution in [2.45, 2.75) is 56.6 Å². The van der Waals surface area contributed by atoms with Crippen LogP contribution in [0, 0.1) is 0 Å². The predicted molar refractivity (Wildman–Crippen MR) is 76.7 cm³/mol. The standard InChI is InChI=1S/C16H21NO5/c1-16(2)21-13-12-11(19-15(13)22-16)10(8-17)18-14(20-12)9-6-4-3-5-7-9/h3-7,10-15H,8,17H2,1-2H3. The van der Waals surface area contributed by atoms with E-state index in [-0.39, 0.29) is 24.4 Å². The largest absolute Gasteiger partial charge is 0.341 e. The molecule has 22 heavy (non-hydrogen) atoms. The second-order valence-electron chi connectivity index (χ2n) is 6.32. The van der Waals surface area contributed by atoms with Crippen molar-refractivity contribution in [3.8, 4) is 0 Å². The average Bonchev–Trinajstić information content (AvgIpc) is 2.99. The van der Waals surface area contributed by atoms with Gasteiger partial charge in [-0.15, -0.1) is 0 Å². The molecule has 6 unspecified atom stereocenters. The van der Waals surface area contributed by atoms with Crippen LogP contribution in [0.15, 0.2) is 30.3 Å². The first-order chi connectivity index (χ1) is 10.6. The smallest absolute Gasteiger partial charge is 0.190 e. The van der Waals surface area contributed by atoms with Crippen molar-refractivity contribution in [3.05, 3.63) is 35.9 Å². The molecule has 6 nitrogen and oxygen atoms in total. The zero-order chi connectivity index (χ0) is 15.3. The van der Waals surface area contributed by atoms with Gasteiger partial charge in [0.2, 0.25) is 0 Å². The molecule has 1 aromatic carbocycles. The number of benzene rings is 1. The van der Waals surface area contributed by atoms with Gasteiger partial charge in [0, 0.05) is 12.1 Å². The molecule has 3 aliphatic rings. The van der Waals surface area contributed by atoms with Crippen LogP contribution >= 0.6 is 0 Å². The molecule has 3 fully saturated rings. The van der Waals surface area contributed by atoms with E-state index >= 15 is 0 Å². The normalized spacial score (nSPS) is 42.9. The number of hydrogen-bond acceptors (Lipinski definition) is 6. The molecular formula is C16H21NO5. The molecule has 2 N–H and O–H groups in total. The van der Waals surface area contributed by atoms with E-state index in [1.165, 1.54) is 0 Å². The highest BCUT2D eigenvalue weighted by molar-refractivity contribution is 5.17. The summed E-state index contributed by atoms with van der Waals surface area (Å²) in [7, 11) is 0. The van der Waals surface area contributed by atoms with Crippen LogP contribution in [0.25, 0.3) is 0 Å². The minimum atomic E-state index is -0.664. The molecule has 0 aliphatic carbocycles. The van der Waals surface area contributed by atoms with E-state index in [0.29, 0.717) is 6.54 Å². The number of fused-ring (bicyclic) bond motifs is 3. The van der Waals surface area contributed by atoms with Crippen LogP contribution in [0.4, 0.5) is 0 Å². The molecule has 3 saturated heterocycles. The molecule has 6 atom stereocenters. The molecule has 0 bridgehead atoms. The highest BCUT2D eigenvalue weighted by atomic mass is 16.9. The van der Waals surface area contributed by atoms with Gasteiger partial charge in [-0.3, -0.25) is 0 Å². The molecule has 3 aliphatic heterocycles. The molecule has 0 amide bonds. The molecule has 3 heterocycles. The van der Waals surface area contributed by atoms with E-state index in [1.807, 2.05) is 44.2 Å². The van der Waals surface area contributed by atoms with E-state index < -0.39 is 18.4 Å². The van der Waals surface area contributed by atoms with Crippen LogP contribution in [0.2, 0.25) is 0 Å². The van der Waals surface area contributed by atoms with Crippen molar-refractivity contribution in [3.63, 3.8) is 0 Å². The lowest BCUT2D eigenvalue weighted by atomic mass is 10.0. The Labute approximate surface area is 129 Å². The van der Waals surface area contributed by atoms with E-state index in [9.17, 15) is 0 Å². The van der Waals surface area contributed by atoms with Crippen LogP contribution < -0.4 is 5.73 Å². The van der Waals surface area contributed by atoms with Crippen molar-refractivity contribution in [1.82, 2.24) is 0 Å². The Bertz CT molecular complexity index is 537. The van der Waals surface area contributed by atoms with Crippen molar-refractivity contribution in [2.24, 2.45) is 5.73 Å². The Morgan fingerprint density at radius 1 is 0.955 bits per heavy atom. The minimum Gasteiger partial charge on any atom is -0.341 e. The summed E-state index contributed by atoms with van der Waals surface area (Å²) in [5, 5.41) is 0. The average molecular weight is 307 g/mol. The third kappa shape index (κ3) is 2.36. The van der Waals surface area contributed by atoms with Gasteiger partial charge in [0.05, 0.1) is 0 Å². The zero-order valence-electron chi connectivity index (χ0n) is 12.7. The van der Waals surface area contributed by atoms with E-state index in [4.69, 9.17) is 29.4 Å². The Balaban J connectivity index is 1.59. The lowest BCUT2D eigenvalue weighted by molar-refractivity contribution is -0.307. The van der Waals surface area contributed by atoms with Crippen LogP contribution in [-0.4, -0.2) is 43.0 Å². The second kappa shape index (κ2) is 5.26. The van der Waals surface area contributed by atoms with Gasteiger partial charge in [-0.2, -0.15) is 0 Å². The molecule has 120 valence electrons. The topological polar surface area (TPSA) is 72.2 Å². The van der Waals surface area contributed by atoms with Gasteiger partial charge < -0.3 is 29.4 Å². The third-order valence-electron chi connectivity index (χ3n) is 4.28. The van der Waals surface area contributed by atoms with Crippen LogP contribution in [0.3, 0.4) is 0 Å². The SMILES string of the molecule is CC1(C)OC2OC3C(CN)OC(c4ccccc4)OC3C2O1. The summed E-state index contributed by atoms with van der Waals surface area (Å²) in [5.41, 5.74) is 6.82.